The molecule has 0 aliphatic rings. The Labute approximate surface area is 87.2 Å². The average molecular weight is 198 g/mol. The Hall–Kier alpha value is -2.08. The summed E-state index contributed by atoms with van der Waals surface area (Å²) in [4.78, 5) is 11.7. The monoisotopic (exact) mass is 198 g/mol. The summed E-state index contributed by atoms with van der Waals surface area (Å²) in [6.07, 6.45) is 0. The predicted molar refractivity (Wildman–Crippen MR) is 58.6 cm³/mol. The number of pyridine rings is 1. The molecule has 74 valence electrons. The van der Waals surface area contributed by atoms with Crippen molar-refractivity contribution in [1.82, 2.24) is 4.57 Å². The van der Waals surface area contributed by atoms with Crippen molar-refractivity contribution in [2.45, 2.75) is 13.5 Å². The highest BCUT2D eigenvalue weighted by molar-refractivity contribution is 5.79. The smallest absolute Gasteiger partial charge is 0.189 e. The summed E-state index contributed by atoms with van der Waals surface area (Å²) in [5.41, 5.74) is 1.65. The summed E-state index contributed by atoms with van der Waals surface area (Å²) in [5, 5.41) is 9.39. The van der Waals surface area contributed by atoms with Gasteiger partial charge in [-0.05, 0) is 19.1 Å². The van der Waals surface area contributed by atoms with Gasteiger partial charge in [-0.25, -0.2) is 0 Å². The van der Waals surface area contributed by atoms with Crippen LogP contribution in [-0.2, 0) is 6.54 Å². The molecular weight excluding hydrogens is 188 g/mol. The van der Waals surface area contributed by atoms with Gasteiger partial charge in [0, 0.05) is 17.1 Å². The number of aromatic nitrogens is 1. The van der Waals surface area contributed by atoms with Gasteiger partial charge in [0.1, 0.15) is 6.54 Å². The van der Waals surface area contributed by atoms with Gasteiger partial charge < -0.3 is 4.57 Å². The van der Waals surface area contributed by atoms with E-state index in [9.17, 15) is 4.79 Å². The van der Waals surface area contributed by atoms with Crippen LogP contribution >= 0.6 is 0 Å². The SMILES string of the molecule is Cc1cc(=O)c2ccccc2n1CC#N. The van der Waals surface area contributed by atoms with Crippen molar-refractivity contribution >= 4 is 10.9 Å². The Bertz CT molecular complexity index is 605. The van der Waals surface area contributed by atoms with Crippen LogP contribution in [0.25, 0.3) is 10.9 Å². The van der Waals surface area contributed by atoms with Gasteiger partial charge in [-0.3, -0.25) is 4.79 Å². The van der Waals surface area contributed by atoms with Gasteiger partial charge in [0.25, 0.3) is 0 Å². The molecule has 2 rings (SSSR count). The minimum Gasteiger partial charge on any atom is -0.331 e. The van der Waals surface area contributed by atoms with Gasteiger partial charge in [-0.2, -0.15) is 5.26 Å². The number of benzene rings is 1. The third kappa shape index (κ3) is 1.50. The van der Waals surface area contributed by atoms with E-state index in [4.69, 9.17) is 5.26 Å². The Morgan fingerprint density at radius 3 is 2.87 bits per heavy atom. The van der Waals surface area contributed by atoms with E-state index in [2.05, 4.69) is 6.07 Å². The first kappa shape index (κ1) is 9.47. The summed E-state index contributed by atoms with van der Waals surface area (Å²) < 4.78 is 1.84. The fourth-order valence-corrected chi connectivity index (χ4v) is 1.73. The van der Waals surface area contributed by atoms with Crippen molar-refractivity contribution in [3.05, 3.63) is 46.2 Å². The molecule has 0 radical (unpaired) electrons. The maximum Gasteiger partial charge on any atom is 0.189 e. The second kappa shape index (κ2) is 3.58. The summed E-state index contributed by atoms with van der Waals surface area (Å²) in [5.74, 6) is 0. The van der Waals surface area contributed by atoms with E-state index < -0.39 is 0 Å². The Kier molecular flexibility index (Phi) is 2.26. The second-order valence-electron chi connectivity index (χ2n) is 3.41. The number of fused-ring (bicyclic) bond motifs is 1. The quantitative estimate of drug-likeness (QED) is 0.701. The lowest BCUT2D eigenvalue weighted by atomic mass is 10.2. The van der Waals surface area contributed by atoms with Crippen molar-refractivity contribution in [1.29, 1.82) is 5.26 Å². The molecule has 1 aromatic heterocycles. The number of aryl methyl sites for hydroxylation is 1. The molecule has 1 aromatic carbocycles. The van der Waals surface area contributed by atoms with E-state index >= 15 is 0 Å². The first-order valence-corrected chi connectivity index (χ1v) is 4.70. The van der Waals surface area contributed by atoms with Crippen molar-refractivity contribution in [2.75, 3.05) is 0 Å². The number of nitriles is 1. The maximum absolute atomic E-state index is 11.7. The van der Waals surface area contributed by atoms with Gasteiger partial charge in [-0.1, -0.05) is 12.1 Å². The Morgan fingerprint density at radius 2 is 2.13 bits per heavy atom. The molecule has 0 aliphatic heterocycles. The van der Waals surface area contributed by atoms with Gasteiger partial charge >= 0.3 is 0 Å². The molecule has 0 fully saturated rings. The van der Waals surface area contributed by atoms with Crippen LogP contribution in [0.15, 0.2) is 35.1 Å². The first-order valence-electron chi connectivity index (χ1n) is 4.70. The van der Waals surface area contributed by atoms with Crippen molar-refractivity contribution in [2.24, 2.45) is 0 Å². The number of nitrogens with zero attached hydrogens (tertiary/aromatic N) is 2. The van der Waals surface area contributed by atoms with Crippen LogP contribution in [0.5, 0.6) is 0 Å². The van der Waals surface area contributed by atoms with E-state index in [1.165, 1.54) is 0 Å². The van der Waals surface area contributed by atoms with Crippen LogP contribution in [0, 0.1) is 18.3 Å². The predicted octanol–water partition coefficient (Wildman–Crippen LogP) is 1.83. The third-order valence-corrected chi connectivity index (χ3v) is 2.45. The lowest BCUT2D eigenvalue weighted by Crippen LogP contribution is -2.11. The fourth-order valence-electron chi connectivity index (χ4n) is 1.73. The molecule has 0 saturated heterocycles. The molecule has 0 atom stereocenters. The van der Waals surface area contributed by atoms with Crippen LogP contribution < -0.4 is 5.43 Å². The summed E-state index contributed by atoms with van der Waals surface area (Å²) in [6, 6.07) is 11.0. The third-order valence-electron chi connectivity index (χ3n) is 2.45. The fraction of sp³-hybridized carbons (Fsp3) is 0.167. The first-order chi connectivity index (χ1) is 7.24. The minimum atomic E-state index is 0.0114. The van der Waals surface area contributed by atoms with Gasteiger partial charge in [-0.15, -0.1) is 0 Å². The van der Waals surface area contributed by atoms with E-state index in [1.807, 2.05) is 29.7 Å². The number of hydrogen-bond acceptors (Lipinski definition) is 2. The van der Waals surface area contributed by atoms with Gasteiger partial charge in [0.2, 0.25) is 0 Å². The molecule has 3 nitrogen and oxygen atoms in total. The topological polar surface area (TPSA) is 45.8 Å². The normalized spacial score (nSPS) is 10.1. The summed E-state index contributed by atoms with van der Waals surface area (Å²) in [6.45, 7) is 2.11. The number of para-hydroxylation sites is 1. The molecule has 1 heterocycles. The number of rotatable bonds is 1. The molecule has 15 heavy (non-hydrogen) atoms. The Morgan fingerprint density at radius 1 is 1.40 bits per heavy atom. The van der Waals surface area contributed by atoms with Crippen molar-refractivity contribution < 1.29 is 0 Å². The highest BCUT2D eigenvalue weighted by atomic mass is 16.1. The largest absolute Gasteiger partial charge is 0.331 e. The van der Waals surface area contributed by atoms with Crippen molar-refractivity contribution in [3.8, 4) is 6.07 Å². The molecule has 0 bridgehead atoms. The Balaban J connectivity index is 2.91. The molecule has 0 N–H and O–H groups in total. The molecule has 0 unspecified atom stereocenters. The number of hydrogen-bond donors (Lipinski definition) is 0. The van der Waals surface area contributed by atoms with E-state index in [0.29, 0.717) is 5.39 Å². The molecular formula is C12H10N2O. The van der Waals surface area contributed by atoms with Crippen molar-refractivity contribution in [3.63, 3.8) is 0 Å². The lowest BCUT2D eigenvalue weighted by molar-refractivity contribution is 0.823. The van der Waals surface area contributed by atoms with E-state index in [0.717, 1.165) is 11.2 Å². The van der Waals surface area contributed by atoms with Crippen LogP contribution in [0.4, 0.5) is 0 Å². The molecule has 0 saturated carbocycles. The zero-order valence-electron chi connectivity index (χ0n) is 8.40. The van der Waals surface area contributed by atoms with E-state index in [1.54, 1.807) is 12.1 Å². The van der Waals surface area contributed by atoms with Crippen LogP contribution in [0.1, 0.15) is 5.69 Å². The highest BCUT2D eigenvalue weighted by Gasteiger charge is 2.04. The standard InChI is InChI=1S/C12H10N2O/c1-9-8-12(15)10-4-2-3-5-11(10)14(9)7-6-13/h2-5,8H,7H2,1H3. The zero-order valence-corrected chi connectivity index (χ0v) is 8.40. The van der Waals surface area contributed by atoms with Crippen LogP contribution in [0.2, 0.25) is 0 Å². The van der Waals surface area contributed by atoms with Gasteiger partial charge in [0.15, 0.2) is 5.43 Å². The second-order valence-corrected chi connectivity index (χ2v) is 3.41. The van der Waals surface area contributed by atoms with Crippen LogP contribution in [-0.4, -0.2) is 4.57 Å². The van der Waals surface area contributed by atoms with E-state index in [-0.39, 0.29) is 12.0 Å². The molecule has 0 aliphatic carbocycles. The van der Waals surface area contributed by atoms with Crippen LogP contribution in [0.3, 0.4) is 0 Å². The zero-order chi connectivity index (χ0) is 10.8. The maximum atomic E-state index is 11.7. The lowest BCUT2D eigenvalue weighted by Gasteiger charge is -2.10. The van der Waals surface area contributed by atoms with Gasteiger partial charge in [0.05, 0.1) is 11.6 Å². The summed E-state index contributed by atoms with van der Waals surface area (Å²) >= 11 is 0. The average Bonchev–Trinajstić information content (AvgIpc) is 2.24. The highest BCUT2D eigenvalue weighted by Crippen LogP contribution is 2.11. The molecule has 3 heteroatoms. The molecule has 2 aromatic rings. The summed E-state index contributed by atoms with van der Waals surface area (Å²) in [7, 11) is 0. The minimum absolute atomic E-state index is 0.0114. The molecule has 0 spiro atoms. The molecule has 0 amide bonds.